The second-order valence-electron chi connectivity index (χ2n) is 12.8. The summed E-state index contributed by atoms with van der Waals surface area (Å²) in [6, 6.07) is 18.1. The van der Waals surface area contributed by atoms with E-state index in [1.165, 1.54) is 50.0 Å². The third-order valence-corrected chi connectivity index (χ3v) is 34.0. The number of rotatable bonds is 16. The van der Waals surface area contributed by atoms with Crippen molar-refractivity contribution in [1.82, 2.24) is 30.3 Å². The summed E-state index contributed by atoms with van der Waals surface area (Å²) >= 11 is 9.56. The van der Waals surface area contributed by atoms with Crippen molar-refractivity contribution < 1.29 is 32.3 Å². The Balaban J connectivity index is 0.949. The number of ether oxygens (including phenoxy) is 2. The molecule has 0 spiro atoms. The van der Waals surface area contributed by atoms with Crippen molar-refractivity contribution in [3.05, 3.63) is 66.7 Å². The number of amides is 3. The molecule has 3 aliphatic rings. The fraction of sp³-hybridized carbons (Fsp3) is 0.314. The van der Waals surface area contributed by atoms with Gasteiger partial charge in [0.05, 0.1) is 4.90 Å². The number of thiazole rings is 1. The van der Waals surface area contributed by atoms with Crippen LogP contribution in [0.1, 0.15) is 13.8 Å². The molecule has 4 N–H and O–H groups in total. The van der Waals surface area contributed by atoms with E-state index < -0.39 is 44.0 Å². The summed E-state index contributed by atoms with van der Waals surface area (Å²) in [6.45, 7) is 9.01. The maximum absolute atomic E-state index is 13.6. The average molecular weight is 1060 g/mol. The summed E-state index contributed by atoms with van der Waals surface area (Å²) in [5.74, 6) is -0.872. The van der Waals surface area contributed by atoms with Gasteiger partial charge in [0, 0.05) is 45.0 Å². The van der Waals surface area contributed by atoms with E-state index in [9.17, 15) is 22.8 Å². The van der Waals surface area contributed by atoms with Gasteiger partial charge in [0.15, 0.2) is 0 Å². The molecule has 0 saturated carbocycles. The molecule has 0 aliphatic carbocycles. The van der Waals surface area contributed by atoms with E-state index in [1.54, 1.807) is 56.3 Å². The Hall–Kier alpha value is -3.16. The zero-order chi connectivity index (χ0) is 42.4. The van der Waals surface area contributed by atoms with Crippen molar-refractivity contribution in [2.45, 2.75) is 28.9 Å². The molecule has 4 heterocycles. The molecule has 3 fully saturated rings. The van der Waals surface area contributed by atoms with Crippen LogP contribution in [0.2, 0.25) is 0 Å². The van der Waals surface area contributed by atoms with Gasteiger partial charge in [0.25, 0.3) is 15.9 Å². The Morgan fingerprint density at radius 2 is 1.32 bits per heavy atom. The summed E-state index contributed by atoms with van der Waals surface area (Å²) in [5, 5.41) is 16.8. The summed E-state index contributed by atoms with van der Waals surface area (Å²) < 4.78 is 41.1. The Labute approximate surface area is 375 Å². The summed E-state index contributed by atoms with van der Waals surface area (Å²) in [4.78, 5) is 48.7. The van der Waals surface area contributed by atoms with Crippen LogP contribution in [0.15, 0.2) is 86.2 Å². The van der Waals surface area contributed by atoms with E-state index in [0.717, 1.165) is 53.8 Å². The molecule has 60 heavy (non-hydrogen) atoms. The number of nitrogens with one attached hydrogen (secondary N) is 4. The first kappa shape index (κ1) is 44.9. The zero-order valence-electron chi connectivity index (χ0n) is 31.9. The third-order valence-electron chi connectivity index (χ3n) is 8.57. The molecule has 0 unspecified atom stereocenters. The molecular formula is C35H37N10O7S7Sb. The number of thiocarbonyl (C=S) groups is 2. The Morgan fingerprint density at radius 3 is 1.85 bits per heavy atom. The van der Waals surface area contributed by atoms with Crippen LogP contribution in [0.3, 0.4) is 0 Å². The Kier molecular flexibility index (Phi) is 14.9. The number of benzene rings is 3. The molecule has 3 amide bonds. The molecule has 0 bridgehead atoms. The predicted molar refractivity (Wildman–Crippen MR) is 246 cm³/mol. The SMILES string of the molecule is CCOC(=O)NC(=S)[S][Sb]([S]C(=S)NC(=O)OCC)[S]c1nc2ccc(N=Nc3ccc(NS(=O)(=O)c4ccc(NC(=O)C(N5CC5)(N5CC5)N5CC5)cc4)cc3)cc2s1. The number of anilines is 2. The molecular weight excluding hydrogens is 1020 g/mol. The summed E-state index contributed by atoms with van der Waals surface area (Å²) in [7, 11) is 0.240. The van der Waals surface area contributed by atoms with Crippen molar-refractivity contribution in [2.75, 3.05) is 62.5 Å². The minimum atomic E-state index is -3.92. The average Bonchev–Trinajstić information content (AvgIpc) is 4.04. The second kappa shape index (κ2) is 19.9. The number of carbonyl (C=O) groups is 3. The molecule has 17 nitrogen and oxygen atoms in total. The monoisotopic (exact) mass is 1050 g/mol. The number of hydrogen-bond donors (Lipinski definition) is 4. The number of alkyl carbamates (subject to hydrolysis) is 2. The minimum absolute atomic E-state index is 0.0541. The molecule has 3 aromatic carbocycles. The van der Waals surface area contributed by atoms with E-state index in [4.69, 9.17) is 38.9 Å². The summed E-state index contributed by atoms with van der Waals surface area (Å²) in [6.07, 6.45) is -1.30. The van der Waals surface area contributed by atoms with Gasteiger partial charge in [-0.05, 0) is 24.3 Å². The first-order valence-electron chi connectivity index (χ1n) is 18.3. The molecule has 1 aromatic heterocycles. The number of hydrogen-bond acceptors (Lipinski definition) is 19. The molecule has 316 valence electrons. The van der Waals surface area contributed by atoms with Crippen molar-refractivity contribution in [2.24, 2.45) is 10.2 Å². The van der Waals surface area contributed by atoms with Gasteiger partial charge in [-0.2, -0.15) is 0 Å². The molecule has 4 aromatic rings. The fourth-order valence-electron chi connectivity index (χ4n) is 5.77. The number of sulfonamides is 1. The molecule has 3 aliphatic heterocycles. The Morgan fingerprint density at radius 1 is 0.800 bits per heavy atom. The van der Waals surface area contributed by atoms with E-state index in [-0.39, 0.29) is 32.7 Å². The molecule has 3 saturated heterocycles. The fourth-order valence-corrected chi connectivity index (χ4v) is 36.8. The maximum atomic E-state index is 13.6. The number of nitrogens with zero attached hydrogens (tertiary/aromatic N) is 6. The van der Waals surface area contributed by atoms with Gasteiger partial charge in [-0.1, -0.05) is 0 Å². The summed E-state index contributed by atoms with van der Waals surface area (Å²) in [5.41, 5.74) is 2.71. The van der Waals surface area contributed by atoms with Crippen LogP contribution in [0.25, 0.3) is 10.2 Å². The zero-order valence-corrected chi connectivity index (χ0v) is 40.1. The van der Waals surface area contributed by atoms with Crippen LogP contribution >= 0.6 is 62.3 Å². The standard InChI is InChI=1S/C27H26N8O3S3.2C4H7NO2S2.Sb/c36-25(27(33-11-12-33,34-13-14-34)35-15-16-35)28-18-5-8-22(9-6-18)41(37,38)32-20-3-1-19(2-4-20)30-31-21-7-10-23-24(17-21)40-26(39)29-23;2*1-2-7-3(6)5-4(8)9;/h1-10,17,32H,11-16H2,(H,28,36)(H,29,39);2*2H2,1H3,(H2,5,6,8,9);/q;;;+3/p-3. The van der Waals surface area contributed by atoms with Gasteiger partial charge in [0.1, 0.15) is 0 Å². The van der Waals surface area contributed by atoms with E-state index in [1.807, 2.05) is 12.1 Å². The van der Waals surface area contributed by atoms with Crippen molar-refractivity contribution in [3.8, 4) is 0 Å². The number of azo groups is 1. The first-order chi connectivity index (χ1) is 28.9. The topological polar surface area (TPSA) is 199 Å². The van der Waals surface area contributed by atoms with E-state index in [2.05, 4.69) is 45.6 Å². The van der Waals surface area contributed by atoms with Crippen LogP contribution < -0.4 is 20.7 Å². The quantitative estimate of drug-likeness (QED) is 0.0402. The Bertz CT molecular complexity index is 2350. The van der Waals surface area contributed by atoms with Crippen LogP contribution in [0.5, 0.6) is 0 Å². The third kappa shape index (κ3) is 11.6. The normalized spacial score (nSPS) is 15.4. The molecule has 0 radical (unpaired) electrons. The van der Waals surface area contributed by atoms with E-state index >= 15 is 0 Å². The number of fused-ring (bicyclic) bond motifs is 1. The molecule has 0 atom stereocenters. The van der Waals surface area contributed by atoms with Gasteiger partial charge in [-0.3, -0.25) is 24.2 Å². The van der Waals surface area contributed by atoms with Gasteiger partial charge in [-0.25, -0.2) is 8.42 Å². The van der Waals surface area contributed by atoms with Crippen LogP contribution in [-0.4, -0.2) is 129 Å². The van der Waals surface area contributed by atoms with Gasteiger partial charge in [-0.15, -0.1) is 0 Å². The van der Waals surface area contributed by atoms with Crippen molar-refractivity contribution in [3.63, 3.8) is 0 Å². The van der Waals surface area contributed by atoms with Gasteiger partial charge < -0.3 is 5.32 Å². The van der Waals surface area contributed by atoms with Crippen molar-refractivity contribution >= 4 is 148 Å². The van der Waals surface area contributed by atoms with Crippen LogP contribution in [0, 0.1) is 0 Å². The first-order valence-corrected chi connectivity index (χ1v) is 33.1. The molecule has 7 rings (SSSR count). The van der Waals surface area contributed by atoms with E-state index in [0.29, 0.717) is 22.7 Å². The second-order valence-corrected chi connectivity index (χ2v) is 36.8. The predicted octanol–water partition coefficient (Wildman–Crippen LogP) is 6.66. The number of carbonyl (C=O) groups excluding carboxylic acids is 3. The van der Waals surface area contributed by atoms with Crippen molar-refractivity contribution in [1.29, 1.82) is 0 Å². The molecule has 25 heteroatoms. The van der Waals surface area contributed by atoms with Gasteiger partial charge in [0.2, 0.25) is 5.79 Å². The van der Waals surface area contributed by atoms with Crippen LogP contribution in [0.4, 0.5) is 32.3 Å². The number of aromatic nitrogens is 1. The van der Waals surface area contributed by atoms with Gasteiger partial charge >= 0.3 is 245 Å². The van der Waals surface area contributed by atoms with Crippen LogP contribution in [-0.2, 0) is 24.3 Å².